The van der Waals surface area contributed by atoms with Gasteiger partial charge in [0.1, 0.15) is 0 Å². The van der Waals surface area contributed by atoms with Crippen LogP contribution in [0.5, 0.6) is 0 Å². The molecule has 0 N–H and O–H groups in total. The highest BCUT2D eigenvalue weighted by Crippen LogP contribution is 2.22. The largest absolute Gasteiger partial charge is 0.0922 e. The van der Waals surface area contributed by atoms with E-state index in [4.69, 9.17) is 0 Å². The van der Waals surface area contributed by atoms with E-state index >= 15 is 0 Å². The van der Waals surface area contributed by atoms with Crippen LogP contribution in [-0.2, 0) is 0 Å². The van der Waals surface area contributed by atoms with Gasteiger partial charge in [0, 0.05) is 5.33 Å². The number of benzene rings is 1. The van der Waals surface area contributed by atoms with Crippen molar-refractivity contribution in [2.24, 2.45) is 0 Å². The molecule has 1 aromatic carbocycles. The van der Waals surface area contributed by atoms with Crippen molar-refractivity contribution in [3.8, 4) is 0 Å². The Morgan fingerprint density at radius 3 is 1.79 bits per heavy atom. The minimum Gasteiger partial charge on any atom is -0.0922 e. The first-order valence-corrected chi connectivity index (χ1v) is 6.47. The maximum Gasteiger partial charge on any atom is 0.00975 e. The molecule has 0 radical (unpaired) electrons. The highest BCUT2D eigenvalue weighted by atomic mass is 79.9. The Morgan fingerprint density at radius 2 is 1.43 bits per heavy atom. The van der Waals surface area contributed by atoms with E-state index in [1.165, 1.54) is 17.5 Å². The van der Waals surface area contributed by atoms with Gasteiger partial charge in [-0.15, -0.1) is 0 Å². The van der Waals surface area contributed by atoms with Gasteiger partial charge in [-0.25, -0.2) is 0 Å². The summed E-state index contributed by atoms with van der Waals surface area (Å²) in [4.78, 5) is 0. The lowest BCUT2D eigenvalue weighted by atomic mass is 9.95. The lowest BCUT2D eigenvalue weighted by Gasteiger charge is -2.12. The van der Waals surface area contributed by atoms with Gasteiger partial charge >= 0.3 is 0 Å². The molecule has 0 aliphatic rings. The predicted molar refractivity (Wildman–Crippen MR) is 67.4 cm³/mol. The second kappa shape index (κ2) is 5.55. The molecule has 0 aliphatic heterocycles. The topological polar surface area (TPSA) is 0 Å². The number of hydrogen-bond donors (Lipinski definition) is 0. The first-order chi connectivity index (χ1) is 6.69. The maximum atomic E-state index is 3.51. The minimum atomic E-state index is 0.612. The highest BCUT2D eigenvalue weighted by molar-refractivity contribution is 9.09. The standard InChI is InChI=1S/C13H19Br/c1-4-10(2)12-5-7-13(8-6-12)11(3)9-14/h5-8,10-11H,4,9H2,1-3H3. The summed E-state index contributed by atoms with van der Waals surface area (Å²) in [7, 11) is 0. The smallest absolute Gasteiger partial charge is 0.00975 e. The van der Waals surface area contributed by atoms with Gasteiger partial charge in [-0.2, -0.15) is 0 Å². The molecule has 1 rings (SSSR count). The molecule has 0 amide bonds. The zero-order valence-corrected chi connectivity index (χ0v) is 10.8. The van der Waals surface area contributed by atoms with Crippen LogP contribution < -0.4 is 0 Å². The lowest BCUT2D eigenvalue weighted by Crippen LogP contribution is -1.96. The van der Waals surface area contributed by atoms with E-state index in [0.717, 1.165) is 5.33 Å². The Kier molecular flexibility index (Phi) is 4.67. The quantitative estimate of drug-likeness (QED) is 0.684. The molecule has 1 heteroatoms. The SMILES string of the molecule is CCC(C)c1ccc(C(C)CBr)cc1. The third-order valence-corrected chi connectivity index (χ3v) is 3.89. The molecule has 0 heterocycles. The fourth-order valence-electron chi connectivity index (χ4n) is 1.48. The summed E-state index contributed by atoms with van der Waals surface area (Å²) in [6, 6.07) is 9.05. The molecule has 14 heavy (non-hydrogen) atoms. The average molecular weight is 255 g/mol. The first-order valence-electron chi connectivity index (χ1n) is 5.34. The van der Waals surface area contributed by atoms with Crippen molar-refractivity contribution in [1.29, 1.82) is 0 Å². The van der Waals surface area contributed by atoms with Crippen molar-refractivity contribution in [1.82, 2.24) is 0 Å². The molecule has 0 saturated heterocycles. The van der Waals surface area contributed by atoms with Gasteiger partial charge in [0.05, 0.1) is 0 Å². The van der Waals surface area contributed by atoms with Crippen LogP contribution in [-0.4, -0.2) is 5.33 Å². The lowest BCUT2D eigenvalue weighted by molar-refractivity contribution is 0.732. The Labute approximate surface area is 95.9 Å². The van der Waals surface area contributed by atoms with Gasteiger partial charge in [0.25, 0.3) is 0 Å². The summed E-state index contributed by atoms with van der Waals surface area (Å²) in [5.74, 6) is 1.30. The Balaban J connectivity index is 2.78. The molecular weight excluding hydrogens is 236 g/mol. The molecule has 0 aliphatic carbocycles. The van der Waals surface area contributed by atoms with E-state index < -0.39 is 0 Å². The van der Waals surface area contributed by atoms with Crippen molar-refractivity contribution in [3.63, 3.8) is 0 Å². The third-order valence-electron chi connectivity index (χ3n) is 2.92. The molecule has 0 nitrogen and oxygen atoms in total. The maximum absolute atomic E-state index is 3.51. The predicted octanol–water partition coefficient (Wildman–Crippen LogP) is 4.70. The van der Waals surface area contributed by atoms with Crippen molar-refractivity contribution >= 4 is 15.9 Å². The minimum absolute atomic E-state index is 0.612. The summed E-state index contributed by atoms with van der Waals surface area (Å²) in [5, 5.41) is 1.04. The number of rotatable bonds is 4. The molecule has 78 valence electrons. The zero-order chi connectivity index (χ0) is 10.6. The van der Waals surface area contributed by atoms with Crippen molar-refractivity contribution in [2.45, 2.75) is 39.0 Å². The Morgan fingerprint density at radius 1 is 1.00 bits per heavy atom. The molecule has 2 atom stereocenters. The van der Waals surface area contributed by atoms with E-state index in [2.05, 4.69) is 61.0 Å². The number of alkyl halides is 1. The molecule has 0 fully saturated rings. The Hall–Kier alpha value is -0.300. The molecule has 0 bridgehead atoms. The van der Waals surface area contributed by atoms with Crippen LogP contribution >= 0.6 is 15.9 Å². The van der Waals surface area contributed by atoms with Gasteiger partial charge < -0.3 is 0 Å². The van der Waals surface area contributed by atoms with Crippen LogP contribution in [0.3, 0.4) is 0 Å². The third kappa shape index (κ3) is 2.84. The van der Waals surface area contributed by atoms with E-state index in [0.29, 0.717) is 11.8 Å². The van der Waals surface area contributed by atoms with Crippen LogP contribution in [0.15, 0.2) is 24.3 Å². The Bertz CT molecular complexity index is 234. The molecule has 1 aromatic rings. The monoisotopic (exact) mass is 254 g/mol. The summed E-state index contributed by atoms with van der Waals surface area (Å²) < 4.78 is 0. The van der Waals surface area contributed by atoms with E-state index in [-0.39, 0.29) is 0 Å². The van der Waals surface area contributed by atoms with E-state index in [1.54, 1.807) is 0 Å². The molecule has 0 spiro atoms. The van der Waals surface area contributed by atoms with Crippen molar-refractivity contribution in [3.05, 3.63) is 35.4 Å². The molecule has 0 aromatic heterocycles. The van der Waals surface area contributed by atoms with Crippen molar-refractivity contribution < 1.29 is 0 Å². The summed E-state index contributed by atoms with van der Waals surface area (Å²) in [6.45, 7) is 6.76. The average Bonchev–Trinajstić information content (AvgIpc) is 2.27. The highest BCUT2D eigenvalue weighted by Gasteiger charge is 2.05. The zero-order valence-electron chi connectivity index (χ0n) is 9.26. The fraction of sp³-hybridized carbons (Fsp3) is 0.538. The number of halogens is 1. The van der Waals surface area contributed by atoms with Gasteiger partial charge in [0.15, 0.2) is 0 Å². The van der Waals surface area contributed by atoms with Gasteiger partial charge in [-0.05, 0) is 29.4 Å². The van der Waals surface area contributed by atoms with Crippen LogP contribution in [0.1, 0.15) is 50.2 Å². The van der Waals surface area contributed by atoms with E-state index in [1.807, 2.05) is 0 Å². The van der Waals surface area contributed by atoms with Crippen LogP contribution in [0, 0.1) is 0 Å². The van der Waals surface area contributed by atoms with Crippen LogP contribution in [0.4, 0.5) is 0 Å². The van der Waals surface area contributed by atoms with Gasteiger partial charge in [-0.3, -0.25) is 0 Å². The molecular formula is C13H19Br. The second-order valence-electron chi connectivity index (χ2n) is 4.03. The summed E-state index contributed by atoms with van der Waals surface area (Å²) >= 11 is 3.51. The van der Waals surface area contributed by atoms with Gasteiger partial charge in [-0.1, -0.05) is 61.0 Å². The van der Waals surface area contributed by atoms with Crippen LogP contribution in [0.25, 0.3) is 0 Å². The number of hydrogen-bond acceptors (Lipinski definition) is 0. The first kappa shape index (κ1) is 11.8. The molecule has 0 saturated carbocycles. The van der Waals surface area contributed by atoms with Gasteiger partial charge in [0.2, 0.25) is 0 Å². The van der Waals surface area contributed by atoms with Crippen LogP contribution in [0.2, 0.25) is 0 Å². The summed E-state index contributed by atoms with van der Waals surface area (Å²) in [6.07, 6.45) is 1.22. The summed E-state index contributed by atoms with van der Waals surface area (Å²) in [5.41, 5.74) is 2.88. The normalized spacial score (nSPS) is 15.1. The van der Waals surface area contributed by atoms with Crippen molar-refractivity contribution in [2.75, 3.05) is 5.33 Å². The fourth-order valence-corrected chi connectivity index (χ4v) is 1.85. The molecule has 2 unspecified atom stereocenters. The van der Waals surface area contributed by atoms with E-state index in [9.17, 15) is 0 Å². The second-order valence-corrected chi connectivity index (χ2v) is 4.68.